The van der Waals surface area contributed by atoms with Crippen molar-refractivity contribution < 1.29 is 22.3 Å². The van der Waals surface area contributed by atoms with Crippen LogP contribution in [0.25, 0.3) is 0 Å². The van der Waals surface area contributed by atoms with Gasteiger partial charge in [0.25, 0.3) is 5.92 Å². The van der Waals surface area contributed by atoms with Gasteiger partial charge in [-0.2, -0.15) is 0 Å². The third-order valence-corrected chi connectivity index (χ3v) is 5.10. The lowest BCUT2D eigenvalue weighted by molar-refractivity contribution is 0.111. The average molecular weight is 402 g/mol. The minimum absolute atomic E-state index is 0.0161. The lowest BCUT2D eigenvalue weighted by Gasteiger charge is -2.33. The SMILES string of the molecule is Fc1ccc(OC2CCN(c3ncc(C4CC4(F)F)nc3Cl)CC2)c(F)c1. The van der Waals surface area contributed by atoms with Gasteiger partial charge < -0.3 is 9.64 Å². The van der Waals surface area contributed by atoms with Gasteiger partial charge in [-0.1, -0.05) is 11.6 Å². The molecule has 2 heterocycles. The number of piperidine rings is 1. The molecule has 1 atom stereocenters. The highest BCUT2D eigenvalue weighted by Crippen LogP contribution is 2.55. The van der Waals surface area contributed by atoms with E-state index in [2.05, 4.69) is 9.97 Å². The second-order valence-corrected chi connectivity index (χ2v) is 7.16. The molecule has 0 N–H and O–H groups in total. The molecule has 1 aliphatic heterocycles. The molecule has 2 aromatic rings. The zero-order valence-electron chi connectivity index (χ0n) is 14.1. The summed E-state index contributed by atoms with van der Waals surface area (Å²) in [6.45, 7) is 1.08. The first kappa shape index (κ1) is 18.3. The summed E-state index contributed by atoms with van der Waals surface area (Å²) >= 11 is 6.15. The Balaban J connectivity index is 1.38. The quantitative estimate of drug-likeness (QED) is 0.703. The third-order valence-electron chi connectivity index (χ3n) is 4.84. The second kappa shape index (κ2) is 6.82. The van der Waals surface area contributed by atoms with Crippen LogP contribution in [-0.2, 0) is 0 Å². The van der Waals surface area contributed by atoms with Gasteiger partial charge in [-0.3, -0.25) is 0 Å². The molecule has 1 unspecified atom stereocenters. The van der Waals surface area contributed by atoms with Crippen LogP contribution in [0.5, 0.6) is 5.75 Å². The van der Waals surface area contributed by atoms with Crippen molar-refractivity contribution in [1.29, 1.82) is 0 Å². The molecule has 0 amide bonds. The number of benzene rings is 1. The van der Waals surface area contributed by atoms with Crippen molar-refractivity contribution in [3.8, 4) is 5.75 Å². The molecule has 1 saturated carbocycles. The van der Waals surface area contributed by atoms with Crippen LogP contribution in [0.1, 0.15) is 30.9 Å². The van der Waals surface area contributed by atoms with Crippen molar-refractivity contribution in [3.63, 3.8) is 0 Å². The monoisotopic (exact) mass is 401 g/mol. The molecule has 27 heavy (non-hydrogen) atoms. The number of halogens is 5. The highest BCUT2D eigenvalue weighted by molar-refractivity contribution is 6.31. The van der Waals surface area contributed by atoms with Crippen molar-refractivity contribution in [1.82, 2.24) is 9.97 Å². The normalized spacial score (nSPS) is 22.0. The smallest absolute Gasteiger partial charge is 0.257 e. The highest BCUT2D eigenvalue weighted by atomic mass is 35.5. The van der Waals surface area contributed by atoms with Crippen LogP contribution < -0.4 is 9.64 Å². The maximum Gasteiger partial charge on any atom is 0.257 e. The van der Waals surface area contributed by atoms with Gasteiger partial charge in [-0.05, 0) is 12.1 Å². The van der Waals surface area contributed by atoms with Gasteiger partial charge in [0.1, 0.15) is 11.9 Å². The Kier molecular flexibility index (Phi) is 4.61. The second-order valence-electron chi connectivity index (χ2n) is 6.81. The van der Waals surface area contributed by atoms with E-state index in [9.17, 15) is 17.6 Å². The molecular weight excluding hydrogens is 386 g/mol. The summed E-state index contributed by atoms with van der Waals surface area (Å²) in [7, 11) is 0. The van der Waals surface area contributed by atoms with Crippen LogP contribution in [0.4, 0.5) is 23.4 Å². The Morgan fingerprint density at radius 1 is 1.19 bits per heavy atom. The van der Waals surface area contributed by atoms with Crippen molar-refractivity contribution in [2.75, 3.05) is 18.0 Å². The van der Waals surface area contributed by atoms with Crippen LogP contribution in [0.15, 0.2) is 24.4 Å². The topological polar surface area (TPSA) is 38.2 Å². The first-order valence-electron chi connectivity index (χ1n) is 8.60. The molecule has 0 spiro atoms. The van der Waals surface area contributed by atoms with Gasteiger partial charge >= 0.3 is 0 Å². The first-order valence-corrected chi connectivity index (χ1v) is 8.98. The fraction of sp³-hybridized carbons (Fsp3) is 0.444. The van der Waals surface area contributed by atoms with Gasteiger partial charge in [-0.15, -0.1) is 0 Å². The molecule has 2 fully saturated rings. The number of rotatable bonds is 4. The molecule has 0 radical (unpaired) electrons. The van der Waals surface area contributed by atoms with Crippen LogP contribution in [-0.4, -0.2) is 35.1 Å². The summed E-state index contributed by atoms with van der Waals surface area (Å²) in [5.74, 6) is -4.56. The Morgan fingerprint density at radius 3 is 2.48 bits per heavy atom. The summed E-state index contributed by atoms with van der Waals surface area (Å²) in [6.07, 6.45) is 2.06. The number of nitrogens with zero attached hydrogens (tertiary/aromatic N) is 3. The number of aromatic nitrogens is 2. The lowest BCUT2D eigenvalue weighted by atomic mass is 10.1. The fourth-order valence-corrected chi connectivity index (χ4v) is 3.49. The van der Waals surface area contributed by atoms with Gasteiger partial charge in [0.15, 0.2) is 22.5 Å². The summed E-state index contributed by atoms with van der Waals surface area (Å²) in [6, 6.07) is 3.20. The number of hydrogen-bond donors (Lipinski definition) is 0. The van der Waals surface area contributed by atoms with E-state index in [0.29, 0.717) is 31.7 Å². The number of ether oxygens (including phenoxy) is 1. The molecule has 0 bridgehead atoms. The van der Waals surface area contributed by atoms with Crippen LogP contribution in [0.2, 0.25) is 5.15 Å². The molecular formula is C18H16ClF4N3O. The number of alkyl halides is 2. The zero-order valence-corrected chi connectivity index (χ0v) is 14.9. The molecule has 1 aromatic heterocycles. The summed E-state index contributed by atoms with van der Waals surface area (Å²) in [5.41, 5.74) is 0.207. The Labute approximate surface area is 158 Å². The van der Waals surface area contributed by atoms with Crippen LogP contribution in [0.3, 0.4) is 0 Å². The van der Waals surface area contributed by atoms with Gasteiger partial charge in [0, 0.05) is 38.4 Å². The summed E-state index contributed by atoms with van der Waals surface area (Å²) < 4.78 is 58.6. The largest absolute Gasteiger partial charge is 0.487 e. The van der Waals surface area contributed by atoms with E-state index in [1.807, 2.05) is 4.90 Å². The van der Waals surface area contributed by atoms with Crippen molar-refractivity contribution >= 4 is 17.4 Å². The lowest BCUT2D eigenvalue weighted by Crippen LogP contribution is -2.39. The van der Waals surface area contributed by atoms with Crippen molar-refractivity contribution in [2.45, 2.75) is 37.2 Å². The summed E-state index contributed by atoms with van der Waals surface area (Å²) in [5, 5.41) is 0.0964. The average Bonchev–Trinajstić information content (AvgIpc) is 3.27. The predicted octanol–water partition coefficient (Wildman–Crippen LogP) is 4.58. The van der Waals surface area contributed by atoms with E-state index in [-0.39, 0.29) is 29.1 Å². The van der Waals surface area contributed by atoms with Gasteiger partial charge in [-0.25, -0.2) is 27.5 Å². The van der Waals surface area contributed by atoms with E-state index >= 15 is 0 Å². The van der Waals surface area contributed by atoms with Crippen LogP contribution >= 0.6 is 11.6 Å². The Hall–Kier alpha value is -2.09. The standard InChI is InChI=1S/C18H16ClF4N3O/c19-16-17(24-9-14(25-16)12-8-18(12,22)23)26-5-3-11(4-6-26)27-15-2-1-10(20)7-13(15)21/h1-2,7,9,11-12H,3-6,8H2. The van der Waals surface area contributed by atoms with Crippen molar-refractivity contribution in [3.05, 3.63) is 46.9 Å². The Morgan fingerprint density at radius 2 is 1.89 bits per heavy atom. The highest BCUT2D eigenvalue weighted by Gasteiger charge is 2.58. The Bertz CT molecular complexity index is 858. The minimum Gasteiger partial charge on any atom is -0.487 e. The molecule has 1 aliphatic carbocycles. The van der Waals surface area contributed by atoms with E-state index in [0.717, 1.165) is 12.1 Å². The van der Waals surface area contributed by atoms with Crippen LogP contribution in [0, 0.1) is 11.6 Å². The van der Waals surface area contributed by atoms with Crippen molar-refractivity contribution in [2.24, 2.45) is 0 Å². The maximum atomic E-state index is 13.7. The van der Waals surface area contributed by atoms with E-state index in [1.165, 1.54) is 12.3 Å². The third kappa shape index (κ3) is 3.81. The molecule has 1 aromatic carbocycles. The zero-order chi connectivity index (χ0) is 19.2. The van der Waals surface area contributed by atoms with Gasteiger partial charge in [0.05, 0.1) is 17.8 Å². The number of hydrogen-bond acceptors (Lipinski definition) is 4. The summed E-state index contributed by atoms with van der Waals surface area (Å²) in [4.78, 5) is 10.2. The maximum absolute atomic E-state index is 13.7. The fourth-order valence-electron chi connectivity index (χ4n) is 3.22. The predicted molar refractivity (Wildman–Crippen MR) is 91.6 cm³/mol. The van der Waals surface area contributed by atoms with E-state index < -0.39 is 23.5 Å². The molecule has 4 nitrogen and oxygen atoms in total. The van der Waals surface area contributed by atoms with Gasteiger partial charge in [0.2, 0.25) is 0 Å². The first-order chi connectivity index (χ1) is 12.8. The molecule has 144 valence electrons. The molecule has 1 saturated heterocycles. The number of anilines is 1. The molecule has 4 rings (SSSR count). The molecule has 2 aliphatic rings. The molecule has 9 heteroatoms. The van der Waals surface area contributed by atoms with E-state index in [1.54, 1.807) is 0 Å². The van der Waals surface area contributed by atoms with E-state index in [4.69, 9.17) is 16.3 Å². The minimum atomic E-state index is -2.72.